The number of amides is 2. The average Bonchev–Trinajstić information content (AvgIpc) is 3.36. The number of thiophene rings is 1. The third-order valence-corrected chi connectivity index (χ3v) is 7.06. The van der Waals surface area contributed by atoms with Crippen molar-refractivity contribution in [2.75, 3.05) is 31.6 Å². The summed E-state index contributed by atoms with van der Waals surface area (Å²) < 4.78 is 6.75. The number of nitrogens with zero attached hydrogens (tertiary/aromatic N) is 5. The van der Waals surface area contributed by atoms with Crippen LogP contribution in [-0.4, -0.2) is 57.8 Å². The molecular weight excluding hydrogens is 416 g/mol. The van der Waals surface area contributed by atoms with Crippen LogP contribution in [0.2, 0.25) is 0 Å². The largest absolute Gasteiger partial charge is 0.378 e. The number of carbonyl (C=O) groups excluding carboxylic acids is 2. The SMILES string of the molecule is CC(C(=O)Nc1sc2c(c1C(=O)N1CCOCC1)CCC(C)(C)C2)n1cnc(C#N)n1. The standard InChI is InChI=1S/C21H26N6O3S/c1-13(27-12-23-16(11-22)25-27)18(28)24-19-17(20(29)26-6-8-30-9-7-26)14-4-5-21(2,3)10-15(14)31-19/h12-13H,4-10H2,1-3H3,(H,24,28). The van der Waals surface area contributed by atoms with Crippen molar-refractivity contribution in [1.82, 2.24) is 19.7 Å². The maximum absolute atomic E-state index is 13.4. The molecule has 2 aromatic rings. The second-order valence-electron chi connectivity index (χ2n) is 8.78. The van der Waals surface area contributed by atoms with Gasteiger partial charge in [-0.25, -0.2) is 9.67 Å². The Labute approximate surface area is 185 Å². The van der Waals surface area contributed by atoms with E-state index in [9.17, 15) is 9.59 Å². The Hall–Kier alpha value is -2.77. The van der Waals surface area contributed by atoms with Crippen molar-refractivity contribution in [3.05, 3.63) is 28.2 Å². The number of nitriles is 1. The van der Waals surface area contributed by atoms with Gasteiger partial charge >= 0.3 is 0 Å². The first-order chi connectivity index (χ1) is 14.8. The number of anilines is 1. The third kappa shape index (κ3) is 4.34. The zero-order valence-electron chi connectivity index (χ0n) is 18.0. The van der Waals surface area contributed by atoms with Gasteiger partial charge in [-0.05, 0) is 37.2 Å². The van der Waals surface area contributed by atoms with Crippen LogP contribution < -0.4 is 5.32 Å². The second kappa shape index (κ2) is 8.40. The van der Waals surface area contributed by atoms with Gasteiger partial charge in [0.2, 0.25) is 5.91 Å². The molecule has 0 saturated carbocycles. The van der Waals surface area contributed by atoms with E-state index in [1.54, 1.807) is 11.8 Å². The zero-order chi connectivity index (χ0) is 22.2. The van der Waals surface area contributed by atoms with Gasteiger partial charge in [-0.2, -0.15) is 5.26 Å². The Balaban J connectivity index is 1.64. The minimum absolute atomic E-state index is 0.0108. The molecule has 0 aromatic carbocycles. The molecule has 2 amide bonds. The third-order valence-electron chi connectivity index (χ3n) is 5.92. The number of hydrogen-bond acceptors (Lipinski definition) is 7. The van der Waals surface area contributed by atoms with Crippen molar-refractivity contribution in [3.8, 4) is 6.07 Å². The molecule has 164 valence electrons. The normalized spacial score (nSPS) is 18.7. The van der Waals surface area contributed by atoms with Crippen molar-refractivity contribution in [1.29, 1.82) is 5.26 Å². The summed E-state index contributed by atoms with van der Waals surface area (Å²) in [5.41, 5.74) is 1.85. The summed E-state index contributed by atoms with van der Waals surface area (Å²) in [7, 11) is 0. The molecule has 4 rings (SSSR count). The molecule has 2 aliphatic rings. The first-order valence-electron chi connectivity index (χ1n) is 10.4. The summed E-state index contributed by atoms with van der Waals surface area (Å²) in [5, 5.41) is 16.5. The van der Waals surface area contributed by atoms with Gasteiger partial charge in [-0.15, -0.1) is 16.4 Å². The van der Waals surface area contributed by atoms with Gasteiger partial charge in [0.05, 0.1) is 18.8 Å². The van der Waals surface area contributed by atoms with Crippen molar-refractivity contribution < 1.29 is 14.3 Å². The lowest BCUT2D eigenvalue weighted by molar-refractivity contribution is -0.119. The van der Waals surface area contributed by atoms with Crippen LogP contribution in [0.15, 0.2) is 6.33 Å². The van der Waals surface area contributed by atoms with Crippen LogP contribution in [0, 0.1) is 16.7 Å². The molecule has 9 nitrogen and oxygen atoms in total. The molecule has 10 heteroatoms. The van der Waals surface area contributed by atoms with E-state index in [0.29, 0.717) is 36.9 Å². The Morgan fingerprint density at radius 1 is 1.35 bits per heavy atom. The van der Waals surface area contributed by atoms with Crippen molar-refractivity contribution in [3.63, 3.8) is 0 Å². The number of morpholine rings is 1. The first kappa shape index (κ1) is 21.5. The Morgan fingerprint density at radius 3 is 2.77 bits per heavy atom. The molecule has 1 aliphatic carbocycles. The number of fused-ring (bicyclic) bond motifs is 1. The fraction of sp³-hybridized carbons (Fsp3) is 0.571. The number of ether oxygens (including phenoxy) is 1. The average molecular weight is 443 g/mol. The van der Waals surface area contributed by atoms with Gasteiger partial charge < -0.3 is 15.0 Å². The monoisotopic (exact) mass is 442 g/mol. The van der Waals surface area contributed by atoms with Gasteiger partial charge in [0.25, 0.3) is 11.7 Å². The van der Waals surface area contributed by atoms with Crippen LogP contribution in [-0.2, 0) is 22.4 Å². The van der Waals surface area contributed by atoms with Crippen LogP contribution in [0.3, 0.4) is 0 Å². The molecule has 1 aliphatic heterocycles. The number of aromatic nitrogens is 3. The minimum Gasteiger partial charge on any atom is -0.378 e. The van der Waals surface area contributed by atoms with Crippen molar-refractivity contribution in [2.45, 2.75) is 46.1 Å². The van der Waals surface area contributed by atoms with E-state index in [-0.39, 0.29) is 23.1 Å². The zero-order valence-corrected chi connectivity index (χ0v) is 18.8. The highest BCUT2D eigenvalue weighted by molar-refractivity contribution is 7.17. The highest BCUT2D eigenvalue weighted by Crippen LogP contribution is 2.44. The fourth-order valence-electron chi connectivity index (χ4n) is 3.99. The summed E-state index contributed by atoms with van der Waals surface area (Å²) in [5.74, 6) is -0.337. The highest BCUT2D eigenvalue weighted by atomic mass is 32.1. The van der Waals surface area contributed by atoms with Crippen molar-refractivity contribution >= 4 is 28.2 Å². The van der Waals surface area contributed by atoms with Gasteiger partial charge in [-0.3, -0.25) is 9.59 Å². The van der Waals surface area contributed by atoms with E-state index in [1.807, 2.05) is 6.07 Å². The molecule has 31 heavy (non-hydrogen) atoms. The molecule has 0 bridgehead atoms. The van der Waals surface area contributed by atoms with E-state index in [2.05, 4.69) is 29.2 Å². The van der Waals surface area contributed by atoms with Gasteiger partial charge in [0, 0.05) is 18.0 Å². The fourth-order valence-corrected chi connectivity index (χ4v) is 5.49. The van der Waals surface area contributed by atoms with Crippen LogP contribution in [0.4, 0.5) is 5.00 Å². The van der Waals surface area contributed by atoms with Gasteiger partial charge in [0.1, 0.15) is 23.4 Å². The molecule has 0 spiro atoms. The highest BCUT2D eigenvalue weighted by Gasteiger charge is 2.35. The molecule has 1 saturated heterocycles. The molecule has 1 fully saturated rings. The quantitative estimate of drug-likeness (QED) is 0.778. The van der Waals surface area contributed by atoms with E-state index in [1.165, 1.54) is 27.2 Å². The summed E-state index contributed by atoms with van der Waals surface area (Å²) in [6.45, 7) is 8.30. The number of nitrogens with one attached hydrogen (secondary N) is 1. The predicted molar refractivity (Wildman–Crippen MR) is 115 cm³/mol. The summed E-state index contributed by atoms with van der Waals surface area (Å²) >= 11 is 1.50. The molecule has 2 aromatic heterocycles. The lowest BCUT2D eigenvalue weighted by Crippen LogP contribution is -2.41. The predicted octanol–water partition coefficient (Wildman–Crippen LogP) is 2.40. The smallest absolute Gasteiger partial charge is 0.257 e. The summed E-state index contributed by atoms with van der Waals surface area (Å²) in [4.78, 5) is 33.3. The number of carbonyl (C=O) groups is 2. The maximum atomic E-state index is 13.4. The Bertz CT molecular complexity index is 1040. The first-order valence-corrected chi connectivity index (χ1v) is 11.2. The molecular formula is C21H26N6O3S. The summed E-state index contributed by atoms with van der Waals surface area (Å²) in [6, 6.07) is 1.19. The molecule has 1 N–H and O–H groups in total. The molecule has 0 radical (unpaired) electrons. The van der Waals surface area contributed by atoms with Crippen molar-refractivity contribution in [2.24, 2.45) is 5.41 Å². The summed E-state index contributed by atoms with van der Waals surface area (Å²) in [6.07, 6.45) is 4.07. The maximum Gasteiger partial charge on any atom is 0.257 e. The number of rotatable bonds is 4. The second-order valence-corrected chi connectivity index (χ2v) is 9.88. The van der Waals surface area contributed by atoms with Crippen LogP contribution >= 0.6 is 11.3 Å². The lowest BCUT2D eigenvalue weighted by atomic mass is 9.77. The van der Waals surface area contributed by atoms with Gasteiger partial charge in [-0.1, -0.05) is 13.8 Å². The van der Waals surface area contributed by atoms with E-state index < -0.39 is 6.04 Å². The minimum atomic E-state index is -0.670. The number of hydrogen-bond donors (Lipinski definition) is 1. The molecule has 1 atom stereocenters. The van der Waals surface area contributed by atoms with Crippen LogP contribution in [0.25, 0.3) is 0 Å². The topological polar surface area (TPSA) is 113 Å². The molecule has 1 unspecified atom stereocenters. The van der Waals surface area contributed by atoms with E-state index >= 15 is 0 Å². The van der Waals surface area contributed by atoms with Crippen LogP contribution in [0.1, 0.15) is 59.9 Å². The van der Waals surface area contributed by atoms with Crippen LogP contribution in [0.5, 0.6) is 0 Å². The Morgan fingerprint density at radius 2 is 2.10 bits per heavy atom. The Kier molecular flexibility index (Phi) is 5.81. The lowest BCUT2D eigenvalue weighted by Gasteiger charge is -2.31. The molecule has 3 heterocycles. The van der Waals surface area contributed by atoms with E-state index in [4.69, 9.17) is 10.00 Å². The van der Waals surface area contributed by atoms with E-state index in [0.717, 1.165) is 24.8 Å². The van der Waals surface area contributed by atoms with Gasteiger partial charge in [0.15, 0.2) is 0 Å².